The molecule has 2 saturated heterocycles. The minimum absolute atomic E-state index is 0.0287. The quantitative estimate of drug-likeness (QED) is 0.668. The third kappa shape index (κ3) is 5.31. The van der Waals surface area contributed by atoms with Crippen molar-refractivity contribution < 1.29 is 9.59 Å². The van der Waals surface area contributed by atoms with E-state index in [9.17, 15) is 9.59 Å². The van der Waals surface area contributed by atoms with Gasteiger partial charge in [0.25, 0.3) is 0 Å². The molecule has 7 nitrogen and oxygen atoms in total. The van der Waals surface area contributed by atoms with Crippen molar-refractivity contribution in [2.45, 2.75) is 12.5 Å². The highest BCUT2D eigenvalue weighted by Crippen LogP contribution is 2.19. The van der Waals surface area contributed by atoms with E-state index < -0.39 is 6.04 Å². The monoisotopic (exact) mass is 471 g/mol. The number of nitrogens with zero attached hydrogens (tertiary/aromatic N) is 3. The molecular formula is C23H26ClN5O2S. The summed E-state index contributed by atoms with van der Waals surface area (Å²) in [4.78, 5) is 31.6. The van der Waals surface area contributed by atoms with Gasteiger partial charge in [-0.1, -0.05) is 29.8 Å². The molecule has 2 aromatic carbocycles. The van der Waals surface area contributed by atoms with Crippen molar-refractivity contribution in [2.75, 3.05) is 49.5 Å². The molecule has 1 unspecified atom stereocenters. The van der Waals surface area contributed by atoms with Crippen molar-refractivity contribution in [1.29, 1.82) is 0 Å². The van der Waals surface area contributed by atoms with Gasteiger partial charge in [0.1, 0.15) is 6.04 Å². The SMILES string of the molecule is O=C1NCCN(C(=S)Nc2ccc(Cl)cc2)C1CC(=O)N1CCN(c2ccccc2)CC1. The Bertz CT molecular complexity index is 964. The van der Waals surface area contributed by atoms with E-state index in [1.807, 2.05) is 35.2 Å². The number of para-hydroxylation sites is 1. The average molecular weight is 472 g/mol. The Labute approximate surface area is 198 Å². The van der Waals surface area contributed by atoms with Crippen LogP contribution in [0.5, 0.6) is 0 Å². The van der Waals surface area contributed by atoms with Crippen molar-refractivity contribution in [3.05, 3.63) is 59.6 Å². The Hall–Kier alpha value is -2.84. The molecule has 0 bridgehead atoms. The second-order valence-electron chi connectivity index (χ2n) is 7.84. The van der Waals surface area contributed by atoms with Gasteiger partial charge in [-0.15, -0.1) is 0 Å². The lowest BCUT2D eigenvalue weighted by molar-refractivity contribution is -0.137. The van der Waals surface area contributed by atoms with Crippen LogP contribution in [0.4, 0.5) is 11.4 Å². The normalized spacial score (nSPS) is 18.8. The van der Waals surface area contributed by atoms with Gasteiger partial charge in [0.2, 0.25) is 11.8 Å². The summed E-state index contributed by atoms with van der Waals surface area (Å²) in [6.45, 7) is 3.84. The van der Waals surface area contributed by atoms with Crippen LogP contribution in [0.25, 0.3) is 0 Å². The highest BCUT2D eigenvalue weighted by molar-refractivity contribution is 7.80. The largest absolute Gasteiger partial charge is 0.368 e. The van der Waals surface area contributed by atoms with Crippen molar-refractivity contribution in [1.82, 2.24) is 15.1 Å². The third-order valence-electron chi connectivity index (χ3n) is 5.81. The second kappa shape index (κ2) is 10.2. The van der Waals surface area contributed by atoms with E-state index in [1.165, 1.54) is 0 Å². The number of rotatable bonds is 4. The maximum Gasteiger partial charge on any atom is 0.243 e. The van der Waals surface area contributed by atoms with Gasteiger partial charge < -0.3 is 25.3 Å². The standard InChI is InChI=1S/C23H26ClN5O2S/c24-17-6-8-18(9-7-17)26-23(32)29-11-10-25-22(31)20(29)16-21(30)28-14-12-27(13-15-28)19-4-2-1-3-5-19/h1-9,20H,10-16H2,(H,25,31)(H,26,32). The van der Waals surface area contributed by atoms with Crippen molar-refractivity contribution in [3.8, 4) is 0 Å². The Morgan fingerprint density at radius 3 is 2.41 bits per heavy atom. The van der Waals surface area contributed by atoms with Gasteiger partial charge in [-0.05, 0) is 48.6 Å². The van der Waals surface area contributed by atoms with E-state index in [0.717, 1.165) is 24.5 Å². The topological polar surface area (TPSA) is 67.9 Å². The third-order valence-corrected chi connectivity index (χ3v) is 6.40. The summed E-state index contributed by atoms with van der Waals surface area (Å²) in [7, 11) is 0. The fraction of sp³-hybridized carbons (Fsp3) is 0.348. The molecule has 0 aromatic heterocycles. The lowest BCUT2D eigenvalue weighted by Gasteiger charge is -2.39. The first-order chi connectivity index (χ1) is 15.5. The number of halogens is 1. The molecule has 2 amide bonds. The number of nitrogens with one attached hydrogen (secondary N) is 2. The van der Waals surface area contributed by atoms with E-state index in [-0.39, 0.29) is 18.2 Å². The lowest BCUT2D eigenvalue weighted by atomic mass is 10.1. The number of benzene rings is 2. The van der Waals surface area contributed by atoms with Crippen LogP contribution in [0.2, 0.25) is 5.02 Å². The highest BCUT2D eigenvalue weighted by Gasteiger charge is 2.35. The predicted molar refractivity (Wildman–Crippen MR) is 131 cm³/mol. The van der Waals surface area contributed by atoms with E-state index in [2.05, 4.69) is 27.7 Å². The van der Waals surface area contributed by atoms with Gasteiger partial charge in [-0.25, -0.2) is 0 Å². The predicted octanol–water partition coefficient (Wildman–Crippen LogP) is 2.58. The summed E-state index contributed by atoms with van der Waals surface area (Å²) < 4.78 is 0. The number of thiocarbonyl (C=S) groups is 1. The maximum atomic E-state index is 13.0. The van der Waals surface area contributed by atoms with Gasteiger partial charge in [0, 0.05) is 55.7 Å². The molecular weight excluding hydrogens is 446 g/mol. The van der Waals surface area contributed by atoms with Crippen LogP contribution in [0, 0.1) is 0 Å². The van der Waals surface area contributed by atoms with Crippen LogP contribution in [-0.2, 0) is 9.59 Å². The molecule has 2 heterocycles. The zero-order valence-electron chi connectivity index (χ0n) is 17.7. The molecule has 32 heavy (non-hydrogen) atoms. The molecule has 2 fully saturated rings. The minimum atomic E-state index is -0.629. The van der Waals surface area contributed by atoms with E-state index in [4.69, 9.17) is 23.8 Å². The van der Waals surface area contributed by atoms with Gasteiger partial charge in [-0.3, -0.25) is 9.59 Å². The van der Waals surface area contributed by atoms with Gasteiger partial charge in [0.05, 0.1) is 6.42 Å². The molecule has 168 valence electrons. The average Bonchev–Trinajstić information content (AvgIpc) is 2.82. The van der Waals surface area contributed by atoms with Crippen LogP contribution < -0.4 is 15.5 Å². The fourth-order valence-electron chi connectivity index (χ4n) is 4.04. The van der Waals surface area contributed by atoms with Crippen LogP contribution in [0.15, 0.2) is 54.6 Å². The van der Waals surface area contributed by atoms with E-state index in [1.54, 1.807) is 17.0 Å². The molecule has 2 aliphatic heterocycles. The summed E-state index contributed by atoms with van der Waals surface area (Å²) in [6, 6.07) is 16.8. The molecule has 0 aliphatic carbocycles. The van der Waals surface area contributed by atoms with Crippen LogP contribution in [0.1, 0.15) is 6.42 Å². The first-order valence-electron chi connectivity index (χ1n) is 10.7. The van der Waals surface area contributed by atoms with Crippen LogP contribution in [-0.4, -0.2) is 72.0 Å². The van der Waals surface area contributed by atoms with Gasteiger partial charge in [0.15, 0.2) is 5.11 Å². The summed E-state index contributed by atoms with van der Waals surface area (Å²) in [5.74, 6) is -0.202. The van der Waals surface area contributed by atoms with E-state index >= 15 is 0 Å². The highest BCUT2D eigenvalue weighted by atomic mass is 35.5. The first kappa shape index (κ1) is 22.4. The number of anilines is 2. The summed E-state index contributed by atoms with van der Waals surface area (Å²) in [5, 5.41) is 7.07. The van der Waals surface area contributed by atoms with Crippen LogP contribution >= 0.6 is 23.8 Å². The fourth-order valence-corrected chi connectivity index (χ4v) is 4.50. The summed E-state index contributed by atoms with van der Waals surface area (Å²) >= 11 is 11.5. The lowest BCUT2D eigenvalue weighted by Crippen LogP contribution is -2.60. The maximum absolute atomic E-state index is 13.0. The second-order valence-corrected chi connectivity index (χ2v) is 8.67. The number of hydrogen-bond acceptors (Lipinski definition) is 4. The Balaban J connectivity index is 1.36. The Morgan fingerprint density at radius 2 is 1.72 bits per heavy atom. The van der Waals surface area contributed by atoms with Crippen molar-refractivity contribution in [2.24, 2.45) is 0 Å². The molecule has 2 N–H and O–H groups in total. The van der Waals surface area contributed by atoms with Crippen LogP contribution in [0.3, 0.4) is 0 Å². The summed E-state index contributed by atoms with van der Waals surface area (Å²) in [6.07, 6.45) is 0.0968. The number of piperazine rings is 2. The molecule has 0 saturated carbocycles. The van der Waals surface area contributed by atoms with Crippen molar-refractivity contribution >= 4 is 52.1 Å². The zero-order chi connectivity index (χ0) is 22.5. The minimum Gasteiger partial charge on any atom is -0.368 e. The van der Waals surface area contributed by atoms with Gasteiger partial charge in [-0.2, -0.15) is 0 Å². The molecule has 0 spiro atoms. The smallest absolute Gasteiger partial charge is 0.243 e. The number of amides is 2. The summed E-state index contributed by atoms with van der Waals surface area (Å²) in [5.41, 5.74) is 1.95. The number of carbonyl (C=O) groups is 2. The molecule has 2 aromatic rings. The van der Waals surface area contributed by atoms with E-state index in [0.29, 0.717) is 36.3 Å². The first-order valence-corrected chi connectivity index (χ1v) is 11.5. The van der Waals surface area contributed by atoms with Gasteiger partial charge >= 0.3 is 0 Å². The molecule has 0 radical (unpaired) electrons. The molecule has 9 heteroatoms. The molecule has 1 atom stereocenters. The Morgan fingerprint density at radius 1 is 1.03 bits per heavy atom. The van der Waals surface area contributed by atoms with Crippen molar-refractivity contribution in [3.63, 3.8) is 0 Å². The number of carbonyl (C=O) groups excluding carboxylic acids is 2. The number of hydrogen-bond donors (Lipinski definition) is 2. The Kier molecular flexibility index (Phi) is 7.12. The zero-order valence-corrected chi connectivity index (χ0v) is 19.2. The molecule has 4 rings (SSSR count). The molecule has 2 aliphatic rings.